The van der Waals surface area contributed by atoms with Gasteiger partial charge in [0.2, 0.25) is 0 Å². The number of carboxylic acids is 1. The first-order chi connectivity index (χ1) is 7.40. The first-order valence-electron chi connectivity index (χ1n) is 5.17. The number of amides is 2. The van der Waals surface area contributed by atoms with Crippen molar-refractivity contribution in [1.82, 2.24) is 4.90 Å². The highest BCUT2D eigenvalue weighted by molar-refractivity contribution is 6.19. The van der Waals surface area contributed by atoms with E-state index in [4.69, 9.17) is 5.11 Å². The van der Waals surface area contributed by atoms with Crippen LogP contribution in [0.1, 0.15) is 33.6 Å². The maximum Gasteiger partial charge on any atom is 0.305 e. The lowest BCUT2D eigenvalue weighted by molar-refractivity contribution is -0.143. The summed E-state index contributed by atoms with van der Waals surface area (Å²) in [5.41, 5.74) is 0.822. The van der Waals surface area contributed by atoms with E-state index in [9.17, 15) is 14.4 Å². The maximum atomic E-state index is 11.8. The van der Waals surface area contributed by atoms with Crippen LogP contribution in [0.2, 0.25) is 0 Å². The van der Waals surface area contributed by atoms with Crippen LogP contribution in [0.5, 0.6) is 0 Å². The average Bonchev–Trinajstić information content (AvgIpc) is 2.41. The standard InChI is InChI=1S/C11H15NO4/c1-4-8(5-9(13)14)12-10(15)6(2)7(3)11(12)16/h8H,4-5H2,1-3H3,(H,13,14). The van der Waals surface area contributed by atoms with Gasteiger partial charge in [-0.1, -0.05) is 6.92 Å². The zero-order valence-corrected chi connectivity index (χ0v) is 9.61. The molecule has 0 aliphatic carbocycles. The molecule has 0 aromatic heterocycles. The first kappa shape index (κ1) is 12.4. The lowest BCUT2D eigenvalue weighted by atomic mass is 10.1. The van der Waals surface area contributed by atoms with Crippen LogP contribution in [0, 0.1) is 0 Å². The molecule has 16 heavy (non-hydrogen) atoms. The summed E-state index contributed by atoms with van der Waals surface area (Å²) in [7, 11) is 0. The van der Waals surface area contributed by atoms with Gasteiger partial charge in [-0.05, 0) is 20.3 Å². The largest absolute Gasteiger partial charge is 0.481 e. The van der Waals surface area contributed by atoms with Crippen molar-refractivity contribution in [2.24, 2.45) is 0 Å². The second-order valence-electron chi connectivity index (χ2n) is 3.89. The third-order valence-electron chi connectivity index (χ3n) is 2.89. The van der Waals surface area contributed by atoms with Crippen molar-refractivity contribution < 1.29 is 19.5 Å². The molecule has 2 amide bonds. The van der Waals surface area contributed by atoms with Crippen LogP contribution >= 0.6 is 0 Å². The Bertz CT molecular complexity index is 359. The van der Waals surface area contributed by atoms with Crippen molar-refractivity contribution in [3.8, 4) is 0 Å². The number of carbonyl (C=O) groups excluding carboxylic acids is 2. The van der Waals surface area contributed by atoms with Crippen molar-refractivity contribution in [2.75, 3.05) is 0 Å². The van der Waals surface area contributed by atoms with E-state index in [0.717, 1.165) is 4.90 Å². The van der Waals surface area contributed by atoms with Crippen LogP contribution in [0.3, 0.4) is 0 Å². The van der Waals surface area contributed by atoms with Crippen LogP contribution in [0.15, 0.2) is 11.1 Å². The lowest BCUT2D eigenvalue weighted by Gasteiger charge is -2.24. The van der Waals surface area contributed by atoms with Crippen molar-refractivity contribution in [3.05, 3.63) is 11.1 Å². The molecule has 0 saturated heterocycles. The van der Waals surface area contributed by atoms with Gasteiger partial charge < -0.3 is 5.11 Å². The normalized spacial score (nSPS) is 18.3. The predicted molar refractivity (Wildman–Crippen MR) is 56.6 cm³/mol. The Morgan fingerprint density at radius 2 is 1.69 bits per heavy atom. The van der Waals surface area contributed by atoms with Gasteiger partial charge in [0.25, 0.3) is 11.8 Å². The number of carboxylic acid groups (broad SMARTS) is 1. The molecule has 0 radical (unpaired) electrons. The molecule has 0 fully saturated rings. The number of hydrogen-bond donors (Lipinski definition) is 1. The topological polar surface area (TPSA) is 74.7 Å². The molecule has 1 N–H and O–H groups in total. The molecule has 1 atom stereocenters. The predicted octanol–water partition coefficient (Wildman–Crippen LogP) is 0.945. The van der Waals surface area contributed by atoms with E-state index in [1.807, 2.05) is 0 Å². The minimum Gasteiger partial charge on any atom is -0.481 e. The molecule has 5 nitrogen and oxygen atoms in total. The second kappa shape index (κ2) is 4.47. The van der Waals surface area contributed by atoms with Gasteiger partial charge >= 0.3 is 5.97 Å². The Labute approximate surface area is 93.7 Å². The van der Waals surface area contributed by atoms with Gasteiger partial charge in [0.15, 0.2) is 0 Å². The Balaban J connectivity index is 2.94. The molecule has 0 bridgehead atoms. The highest BCUT2D eigenvalue weighted by Gasteiger charge is 2.38. The average molecular weight is 225 g/mol. The number of hydrogen-bond acceptors (Lipinski definition) is 3. The van der Waals surface area contributed by atoms with Gasteiger partial charge in [-0.3, -0.25) is 19.3 Å². The van der Waals surface area contributed by atoms with Crippen LogP contribution in [0.4, 0.5) is 0 Å². The highest BCUT2D eigenvalue weighted by atomic mass is 16.4. The van der Waals surface area contributed by atoms with E-state index in [0.29, 0.717) is 17.6 Å². The molecular weight excluding hydrogens is 210 g/mol. The van der Waals surface area contributed by atoms with Crippen LogP contribution in [-0.2, 0) is 14.4 Å². The molecule has 1 rings (SSSR count). The third kappa shape index (κ3) is 1.98. The van der Waals surface area contributed by atoms with Crippen LogP contribution in [-0.4, -0.2) is 33.8 Å². The van der Waals surface area contributed by atoms with Crippen molar-refractivity contribution >= 4 is 17.8 Å². The van der Waals surface area contributed by atoms with Gasteiger partial charge in [-0.15, -0.1) is 0 Å². The van der Waals surface area contributed by atoms with Gasteiger partial charge in [-0.25, -0.2) is 0 Å². The number of nitrogens with zero attached hydrogens (tertiary/aromatic N) is 1. The highest BCUT2D eigenvalue weighted by Crippen LogP contribution is 2.24. The van der Waals surface area contributed by atoms with Crippen molar-refractivity contribution in [3.63, 3.8) is 0 Å². The molecule has 5 heteroatoms. The monoisotopic (exact) mass is 225 g/mol. The Morgan fingerprint density at radius 1 is 1.25 bits per heavy atom. The first-order valence-corrected chi connectivity index (χ1v) is 5.17. The fraction of sp³-hybridized carbons (Fsp3) is 0.545. The number of rotatable bonds is 4. The number of aliphatic carboxylic acids is 1. The molecule has 0 aromatic carbocycles. The van der Waals surface area contributed by atoms with E-state index < -0.39 is 12.0 Å². The van der Waals surface area contributed by atoms with Crippen LogP contribution < -0.4 is 0 Å². The maximum absolute atomic E-state index is 11.8. The third-order valence-corrected chi connectivity index (χ3v) is 2.89. The molecule has 0 spiro atoms. The van der Waals surface area contributed by atoms with E-state index in [1.54, 1.807) is 20.8 Å². The van der Waals surface area contributed by atoms with Crippen molar-refractivity contribution in [1.29, 1.82) is 0 Å². The zero-order chi connectivity index (χ0) is 12.5. The second-order valence-corrected chi connectivity index (χ2v) is 3.89. The molecule has 1 aliphatic heterocycles. The molecule has 0 saturated carbocycles. The van der Waals surface area contributed by atoms with E-state index >= 15 is 0 Å². The summed E-state index contributed by atoms with van der Waals surface area (Å²) >= 11 is 0. The molecular formula is C11H15NO4. The minimum absolute atomic E-state index is 0.200. The fourth-order valence-electron chi connectivity index (χ4n) is 1.73. The minimum atomic E-state index is -1.00. The number of carbonyl (C=O) groups is 3. The summed E-state index contributed by atoms with van der Waals surface area (Å²) in [5.74, 6) is -1.74. The quantitative estimate of drug-likeness (QED) is 0.723. The summed E-state index contributed by atoms with van der Waals surface area (Å²) in [6, 6.07) is -0.551. The molecule has 88 valence electrons. The Kier molecular flexibility index (Phi) is 3.47. The molecule has 0 aromatic rings. The molecule has 1 heterocycles. The van der Waals surface area contributed by atoms with Gasteiger partial charge in [0, 0.05) is 11.1 Å². The Hall–Kier alpha value is -1.65. The summed E-state index contributed by atoms with van der Waals surface area (Å²) < 4.78 is 0. The van der Waals surface area contributed by atoms with Gasteiger partial charge in [0.1, 0.15) is 0 Å². The smallest absolute Gasteiger partial charge is 0.305 e. The molecule has 1 unspecified atom stereocenters. The summed E-state index contributed by atoms with van der Waals surface area (Å²) in [4.78, 5) is 35.2. The van der Waals surface area contributed by atoms with E-state index in [-0.39, 0.29) is 18.2 Å². The van der Waals surface area contributed by atoms with E-state index in [1.165, 1.54) is 0 Å². The molecule has 1 aliphatic rings. The van der Waals surface area contributed by atoms with Gasteiger partial charge in [0.05, 0.1) is 12.5 Å². The summed E-state index contributed by atoms with van der Waals surface area (Å²) in [6.45, 7) is 4.93. The summed E-state index contributed by atoms with van der Waals surface area (Å²) in [6.07, 6.45) is 0.249. The number of imide groups is 1. The summed E-state index contributed by atoms with van der Waals surface area (Å²) in [5, 5.41) is 8.72. The Morgan fingerprint density at radius 3 is 2.00 bits per heavy atom. The van der Waals surface area contributed by atoms with Crippen LogP contribution in [0.25, 0.3) is 0 Å². The van der Waals surface area contributed by atoms with Gasteiger partial charge in [-0.2, -0.15) is 0 Å². The van der Waals surface area contributed by atoms with E-state index in [2.05, 4.69) is 0 Å². The fourth-order valence-corrected chi connectivity index (χ4v) is 1.73. The van der Waals surface area contributed by atoms with Crippen molar-refractivity contribution in [2.45, 2.75) is 39.7 Å². The SMILES string of the molecule is CCC(CC(=O)O)N1C(=O)C(C)=C(C)C1=O. The lowest BCUT2D eigenvalue weighted by Crippen LogP contribution is -2.41. The zero-order valence-electron chi connectivity index (χ0n) is 9.61.